The third-order valence-electron chi connectivity index (χ3n) is 2.73. The van der Waals surface area contributed by atoms with E-state index in [1.54, 1.807) is 23.8 Å². The molecule has 2 aromatic rings. The Balaban J connectivity index is 2.66. The minimum absolute atomic E-state index is 0.0975. The molecule has 0 amide bonds. The summed E-state index contributed by atoms with van der Waals surface area (Å²) in [4.78, 5) is 11.6. The summed E-state index contributed by atoms with van der Waals surface area (Å²) in [6.07, 6.45) is 0. The molecule has 0 bridgehead atoms. The van der Waals surface area contributed by atoms with E-state index in [1.807, 2.05) is 18.2 Å². The number of fused-ring (bicyclic) bond motifs is 1. The number of nitrogens with zero attached hydrogens (tertiary/aromatic N) is 2. The lowest BCUT2D eigenvalue weighted by Gasteiger charge is -2.04. The van der Waals surface area contributed by atoms with E-state index in [4.69, 9.17) is 14.7 Å². The highest BCUT2D eigenvalue weighted by Crippen LogP contribution is 2.25. The van der Waals surface area contributed by atoms with Crippen molar-refractivity contribution in [1.82, 2.24) is 4.57 Å². The van der Waals surface area contributed by atoms with Crippen LogP contribution >= 0.6 is 0 Å². The molecule has 0 saturated carbocycles. The van der Waals surface area contributed by atoms with E-state index < -0.39 is 5.97 Å². The van der Waals surface area contributed by atoms with Crippen molar-refractivity contribution >= 4 is 16.9 Å². The smallest absolute Gasteiger partial charge is 0.354 e. The third kappa shape index (κ3) is 1.89. The second-order valence-corrected chi connectivity index (χ2v) is 3.69. The molecule has 0 aliphatic rings. The SMILES string of the molecule is COC(=O)c1cc2cc(OC)ccc2n1CC#N. The van der Waals surface area contributed by atoms with Gasteiger partial charge in [-0.1, -0.05) is 0 Å². The van der Waals surface area contributed by atoms with E-state index >= 15 is 0 Å². The average molecular weight is 244 g/mol. The first-order chi connectivity index (χ1) is 8.71. The number of methoxy groups -OCH3 is 2. The molecule has 5 nitrogen and oxygen atoms in total. The topological polar surface area (TPSA) is 64.2 Å². The van der Waals surface area contributed by atoms with Gasteiger partial charge in [-0.3, -0.25) is 0 Å². The van der Waals surface area contributed by atoms with Crippen LogP contribution in [-0.2, 0) is 11.3 Å². The molecule has 0 aliphatic heterocycles. The van der Waals surface area contributed by atoms with Crippen LogP contribution < -0.4 is 4.74 Å². The summed E-state index contributed by atoms with van der Waals surface area (Å²) in [5, 5.41) is 9.67. The largest absolute Gasteiger partial charge is 0.497 e. The Labute approximate surface area is 104 Å². The molecule has 0 N–H and O–H groups in total. The van der Waals surface area contributed by atoms with Gasteiger partial charge in [0, 0.05) is 10.9 Å². The molecule has 1 heterocycles. The number of aromatic nitrogens is 1. The summed E-state index contributed by atoms with van der Waals surface area (Å²) in [5.74, 6) is 0.244. The molecule has 18 heavy (non-hydrogen) atoms. The zero-order valence-corrected chi connectivity index (χ0v) is 10.1. The van der Waals surface area contributed by atoms with Crippen LogP contribution in [0.3, 0.4) is 0 Å². The molecular weight excluding hydrogens is 232 g/mol. The molecule has 0 radical (unpaired) electrons. The number of rotatable bonds is 3. The molecule has 5 heteroatoms. The number of ether oxygens (including phenoxy) is 2. The Morgan fingerprint density at radius 2 is 2.17 bits per heavy atom. The Morgan fingerprint density at radius 3 is 2.78 bits per heavy atom. The zero-order valence-electron chi connectivity index (χ0n) is 10.1. The normalized spacial score (nSPS) is 10.1. The summed E-state index contributed by atoms with van der Waals surface area (Å²) < 4.78 is 11.5. The Morgan fingerprint density at radius 1 is 1.39 bits per heavy atom. The quantitative estimate of drug-likeness (QED) is 0.774. The Hall–Kier alpha value is -2.48. The fourth-order valence-corrected chi connectivity index (χ4v) is 1.89. The lowest BCUT2D eigenvalue weighted by Crippen LogP contribution is -2.09. The summed E-state index contributed by atoms with van der Waals surface area (Å²) in [6, 6.07) is 9.15. The average Bonchev–Trinajstić information content (AvgIpc) is 2.76. The van der Waals surface area contributed by atoms with E-state index in [2.05, 4.69) is 0 Å². The second kappa shape index (κ2) is 4.80. The van der Waals surface area contributed by atoms with E-state index in [0.717, 1.165) is 10.9 Å². The highest BCUT2D eigenvalue weighted by atomic mass is 16.5. The van der Waals surface area contributed by atoms with Gasteiger partial charge in [0.05, 0.1) is 20.3 Å². The minimum Gasteiger partial charge on any atom is -0.497 e. The van der Waals surface area contributed by atoms with Crippen LogP contribution in [0.2, 0.25) is 0 Å². The van der Waals surface area contributed by atoms with Crippen molar-refractivity contribution in [2.24, 2.45) is 0 Å². The number of nitriles is 1. The first kappa shape index (κ1) is 12.0. The lowest BCUT2D eigenvalue weighted by atomic mass is 10.2. The van der Waals surface area contributed by atoms with Crippen LogP contribution in [0.15, 0.2) is 24.3 Å². The summed E-state index contributed by atoms with van der Waals surface area (Å²) in [5.41, 5.74) is 1.17. The van der Waals surface area contributed by atoms with Gasteiger partial charge in [-0.2, -0.15) is 5.26 Å². The van der Waals surface area contributed by atoms with Crippen LogP contribution in [0, 0.1) is 11.3 Å². The summed E-state index contributed by atoms with van der Waals surface area (Å²) in [7, 11) is 2.89. The van der Waals surface area contributed by atoms with Gasteiger partial charge in [0.1, 0.15) is 18.0 Å². The standard InChI is InChI=1S/C13H12N2O3/c1-17-10-3-4-11-9(7-10)8-12(13(16)18-2)15(11)6-5-14/h3-4,7-8H,6H2,1-2H3. The maximum absolute atomic E-state index is 11.6. The van der Waals surface area contributed by atoms with Gasteiger partial charge >= 0.3 is 5.97 Å². The summed E-state index contributed by atoms with van der Waals surface area (Å²) >= 11 is 0. The van der Waals surface area contributed by atoms with Crippen LogP contribution in [0.25, 0.3) is 10.9 Å². The predicted octanol–water partition coefficient (Wildman–Crippen LogP) is 1.96. The molecule has 0 aliphatic carbocycles. The van der Waals surface area contributed by atoms with Crippen LogP contribution in [0.4, 0.5) is 0 Å². The monoisotopic (exact) mass is 244 g/mol. The van der Waals surface area contributed by atoms with Crippen molar-refractivity contribution in [3.8, 4) is 11.8 Å². The van der Waals surface area contributed by atoms with Crippen molar-refractivity contribution < 1.29 is 14.3 Å². The van der Waals surface area contributed by atoms with Gasteiger partial charge in [-0.25, -0.2) is 4.79 Å². The second-order valence-electron chi connectivity index (χ2n) is 3.69. The van der Waals surface area contributed by atoms with E-state index in [1.165, 1.54) is 7.11 Å². The zero-order chi connectivity index (χ0) is 13.1. The molecule has 0 unspecified atom stereocenters. The van der Waals surface area contributed by atoms with Crippen molar-refractivity contribution in [1.29, 1.82) is 5.26 Å². The number of benzene rings is 1. The molecular formula is C13H12N2O3. The molecule has 0 saturated heterocycles. The minimum atomic E-state index is -0.458. The van der Waals surface area contributed by atoms with Gasteiger partial charge in [0.25, 0.3) is 0 Å². The van der Waals surface area contributed by atoms with E-state index in [0.29, 0.717) is 11.4 Å². The highest BCUT2D eigenvalue weighted by Gasteiger charge is 2.16. The first-order valence-corrected chi connectivity index (χ1v) is 5.33. The van der Waals surface area contributed by atoms with Crippen molar-refractivity contribution in [2.45, 2.75) is 6.54 Å². The number of esters is 1. The third-order valence-corrected chi connectivity index (χ3v) is 2.73. The fraction of sp³-hybridized carbons (Fsp3) is 0.231. The molecule has 0 fully saturated rings. The van der Waals surface area contributed by atoms with Crippen molar-refractivity contribution in [2.75, 3.05) is 14.2 Å². The number of carbonyl (C=O) groups excluding carboxylic acids is 1. The van der Waals surface area contributed by atoms with Gasteiger partial charge in [0.2, 0.25) is 0 Å². The summed E-state index contributed by atoms with van der Waals surface area (Å²) in [6.45, 7) is 0.0975. The number of hydrogen-bond acceptors (Lipinski definition) is 4. The first-order valence-electron chi connectivity index (χ1n) is 5.33. The molecule has 1 aromatic heterocycles. The molecule has 92 valence electrons. The fourth-order valence-electron chi connectivity index (χ4n) is 1.89. The lowest BCUT2D eigenvalue weighted by molar-refractivity contribution is 0.0590. The predicted molar refractivity (Wildman–Crippen MR) is 65.4 cm³/mol. The van der Waals surface area contributed by atoms with Crippen molar-refractivity contribution in [3.63, 3.8) is 0 Å². The molecule has 0 spiro atoms. The van der Waals surface area contributed by atoms with E-state index in [9.17, 15) is 4.79 Å². The maximum Gasteiger partial charge on any atom is 0.354 e. The van der Waals surface area contributed by atoms with Gasteiger partial charge in [-0.15, -0.1) is 0 Å². The Kier molecular flexibility index (Phi) is 3.20. The maximum atomic E-state index is 11.6. The highest BCUT2D eigenvalue weighted by molar-refractivity contribution is 5.96. The van der Waals surface area contributed by atoms with Gasteiger partial charge < -0.3 is 14.0 Å². The molecule has 1 aromatic carbocycles. The van der Waals surface area contributed by atoms with Gasteiger partial charge in [-0.05, 0) is 24.3 Å². The van der Waals surface area contributed by atoms with E-state index in [-0.39, 0.29) is 6.54 Å². The van der Waals surface area contributed by atoms with Crippen LogP contribution in [0.1, 0.15) is 10.5 Å². The molecule has 2 rings (SSSR count). The van der Waals surface area contributed by atoms with Crippen molar-refractivity contribution in [3.05, 3.63) is 30.0 Å². The Bertz CT molecular complexity index is 637. The number of carbonyl (C=O) groups is 1. The van der Waals surface area contributed by atoms with Gasteiger partial charge in [0.15, 0.2) is 0 Å². The van der Waals surface area contributed by atoms with Crippen LogP contribution in [-0.4, -0.2) is 24.8 Å². The molecule has 0 atom stereocenters. The van der Waals surface area contributed by atoms with Crippen LogP contribution in [0.5, 0.6) is 5.75 Å². The number of hydrogen-bond donors (Lipinski definition) is 0.